The number of nitrogens with zero attached hydrogens (tertiary/aromatic N) is 3. The van der Waals surface area contributed by atoms with Gasteiger partial charge in [-0.2, -0.15) is 0 Å². The summed E-state index contributed by atoms with van der Waals surface area (Å²) in [6, 6.07) is 10.3. The summed E-state index contributed by atoms with van der Waals surface area (Å²) in [5.41, 5.74) is 2.48. The normalized spacial score (nSPS) is 15.5. The number of hydrogen-bond donors (Lipinski definition) is 1. The lowest BCUT2D eigenvalue weighted by Crippen LogP contribution is -2.42. The van der Waals surface area contributed by atoms with E-state index in [2.05, 4.69) is 55.7 Å². The van der Waals surface area contributed by atoms with Gasteiger partial charge in [-0.3, -0.25) is 4.99 Å². The number of hydrogen-bond acceptors (Lipinski definition) is 3. The SMILES string of the molecule is CN=C(NCC1(c2ccccc2Br)CC1)N(C)Cc1ccon1.I. The molecule has 1 fully saturated rings. The van der Waals surface area contributed by atoms with Crippen LogP contribution in [0.4, 0.5) is 0 Å². The monoisotopic (exact) mass is 504 g/mol. The molecule has 24 heavy (non-hydrogen) atoms. The van der Waals surface area contributed by atoms with Crippen molar-refractivity contribution in [1.82, 2.24) is 15.4 Å². The molecule has 0 atom stereocenters. The first-order chi connectivity index (χ1) is 11.1. The molecule has 1 aromatic carbocycles. The van der Waals surface area contributed by atoms with Gasteiger partial charge < -0.3 is 14.7 Å². The summed E-state index contributed by atoms with van der Waals surface area (Å²) in [5.74, 6) is 0.867. The quantitative estimate of drug-likeness (QED) is 0.382. The fourth-order valence-electron chi connectivity index (χ4n) is 2.85. The Bertz CT molecular complexity index is 686. The summed E-state index contributed by atoms with van der Waals surface area (Å²) in [7, 11) is 3.81. The Morgan fingerprint density at radius 3 is 2.71 bits per heavy atom. The molecule has 1 aliphatic rings. The van der Waals surface area contributed by atoms with Crippen LogP contribution >= 0.6 is 39.9 Å². The minimum Gasteiger partial charge on any atom is -0.364 e. The van der Waals surface area contributed by atoms with Gasteiger partial charge in [-0.1, -0.05) is 39.3 Å². The van der Waals surface area contributed by atoms with E-state index in [-0.39, 0.29) is 29.4 Å². The molecule has 1 aromatic heterocycles. The fourth-order valence-corrected chi connectivity index (χ4v) is 3.56. The molecule has 1 N–H and O–H groups in total. The Morgan fingerprint density at radius 2 is 2.12 bits per heavy atom. The molecular formula is C17H22BrIN4O. The van der Waals surface area contributed by atoms with E-state index < -0.39 is 0 Å². The molecule has 3 rings (SSSR count). The van der Waals surface area contributed by atoms with Crippen molar-refractivity contribution in [3.05, 3.63) is 52.3 Å². The third-order valence-corrected chi connectivity index (χ3v) is 5.04. The van der Waals surface area contributed by atoms with E-state index in [1.54, 1.807) is 13.3 Å². The zero-order chi connectivity index (χ0) is 16.3. The molecule has 0 unspecified atom stereocenters. The minimum absolute atomic E-state index is 0. The molecule has 1 aliphatic carbocycles. The van der Waals surface area contributed by atoms with Crippen LogP contribution in [0, 0.1) is 0 Å². The molecular weight excluding hydrogens is 483 g/mol. The Kier molecular flexibility index (Phi) is 6.68. The number of rotatable bonds is 5. The van der Waals surface area contributed by atoms with Gasteiger partial charge in [0, 0.05) is 36.6 Å². The lowest BCUT2D eigenvalue weighted by molar-refractivity contribution is 0.390. The van der Waals surface area contributed by atoms with Crippen molar-refractivity contribution < 1.29 is 4.52 Å². The van der Waals surface area contributed by atoms with Crippen LogP contribution in [0.25, 0.3) is 0 Å². The van der Waals surface area contributed by atoms with E-state index in [0.29, 0.717) is 6.54 Å². The van der Waals surface area contributed by atoms with Crippen LogP contribution in [-0.2, 0) is 12.0 Å². The van der Waals surface area contributed by atoms with Crippen molar-refractivity contribution in [1.29, 1.82) is 0 Å². The molecule has 1 saturated carbocycles. The van der Waals surface area contributed by atoms with Crippen molar-refractivity contribution in [2.24, 2.45) is 4.99 Å². The molecule has 130 valence electrons. The second-order valence-corrected chi connectivity index (χ2v) is 6.86. The predicted molar refractivity (Wildman–Crippen MR) is 110 cm³/mol. The molecule has 1 heterocycles. The van der Waals surface area contributed by atoms with Crippen LogP contribution in [0.3, 0.4) is 0 Å². The summed E-state index contributed by atoms with van der Waals surface area (Å²) < 4.78 is 6.07. The maximum Gasteiger partial charge on any atom is 0.193 e. The number of aliphatic imine (C=N–C) groups is 1. The van der Waals surface area contributed by atoms with Crippen LogP contribution in [0.2, 0.25) is 0 Å². The topological polar surface area (TPSA) is 53.7 Å². The Hall–Kier alpha value is -1.09. The van der Waals surface area contributed by atoms with Crippen molar-refractivity contribution in [2.75, 3.05) is 20.6 Å². The molecule has 0 aliphatic heterocycles. The zero-order valence-corrected chi connectivity index (χ0v) is 17.7. The van der Waals surface area contributed by atoms with Crippen molar-refractivity contribution in [3.63, 3.8) is 0 Å². The summed E-state index contributed by atoms with van der Waals surface area (Å²) in [6.07, 6.45) is 3.99. The van der Waals surface area contributed by atoms with Gasteiger partial charge in [-0.25, -0.2) is 0 Å². The first-order valence-corrected chi connectivity index (χ1v) is 8.50. The van der Waals surface area contributed by atoms with Crippen LogP contribution < -0.4 is 5.32 Å². The van der Waals surface area contributed by atoms with Gasteiger partial charge in [0.1, 0.15) is 12.0 Å². The maximum atomic E-state index is 4.88. The van der Waals surface area contributed by atoms with E-state index in [1.165, 1.54) is 22.9 Å². The molecule has 2 aromatic rings. The third-order valence-electron chi connectivity index (χ3n) is 4.35. The Morgan fingerprint density at radius 1 is 1.38 bits per heavy atom. The van der Waals surface area contributed by atoms with E-state index in [1.807, 2.05) is 18.0 Å². The first-order valence-electron chi connectivity index (χ1n) is 7.71. The molecule has 0 amide bonds. The molecule has 0 spiro atoms. The average molecular weight is 505 g/mol. The third kappa shape index (κ3) is 4.30. The highest BCUT2D eigenvalue weighted by molar-refractivity contribution is 14.0. The summed E-state index contributed by atoms with van der Waals surface area (Å²) in [6.45, 7) is 1.55. The summed E-state index contributed by atoms with van der Waals surface area (Å²) in [5, 5.41) is 7.45. The highest BCUT2D eigenvalue weighted by Gasteiger charge is 2.45. The number of halogens is 2. The first kappa shape index (κ1) is 19.2. The average Bonchev–Trinajstić information content (AvgIpc) is 3.16. The zero-order valence-electron chi connectivity index (χ0n) is 13.8. The van der Waals surface area contributed by atoms with Gasteiger partial charge in [0.05, 0.1) is 6.54 Å². The molecule has 0 bridgehead atoms. The van der Waals surface area contributed by atoms with Gasteiger partial charge in [0.15, 0.2) is 5.96 Å². The van der Waals surface area contributed by atoms with Crippen LogP contribution in [0.15, 0.2) is 50.6 Å². The van der Waals surface area contributed by atoms with Crippen LogP contribution in [0.1, 0.15) is 24.1 Å². The summed E-state index contributed by atoms with van der Waals surface area (Å²) in [4.78, 5) is 6.43. The lowest BCUT2D eigenvalue weighted by atomic mass is 9.96. The van der Waals surface area contributed by atoms with Gasteiger partial charge in [-0.15, -0.1) is 24.0 Å². The van der Waals surface area contributed by atoms with E-state index in [0.717, 1.165) is 18.2 Å². The Balaban J connectivity index is 0.00000208. The predicted octanol–water partition coefficient (Wildman–Crippen LogP) is 3.79. The summed E-state index contributed by atoms with van der Waals surface area (Å²) >= 11 is 3.68. The molecule has 5 nitrogen and oxygen atoms in total. The molecule has 7 heteroatoms. The van der Waals surface area contributed by atoms with Gasteiger partial charge in [0.2, 0.25) is 0 Å². The second kappa shape index (κ2) is 8.33. The smallest absolute Gasteiger partial charge is 0.193 e. The number of guanidine groups is 1. The highest BCUT2D eigenvalue weighted by atomic mass is 127. The standard InChI is InChI=1S/C17H21BrN4O.HI/c1-19-16(22(2)11-13-7-10-23-21-13)20-12-17(8-9-17)14-5-3-4-6-15(14)18;/h3-7,10H,8-9,11-12H2,1-2H3,(H,19,20);1H. The maximum absolute atomic E-state index is 4.88. The molecule has 0 saturated heterocycles. The van der Waals surface area contributed by atoms with Gasteiger partial charge in [-0.05, 0) is 24.5 Å². The van der Waals surface area contributed by atoms with E-state index in [4.69, 9.17) is 4.52 Å². The number of aromatic nitrogens is 1. The van der Waals surface area contributed by atoms with Crippen molar-refractivity contribution in [3.8, 4) is 0 Å². The van der Waals surface area contributed by atoms with Crippen molar-refractivity contribution in [2.45, 2.75) is 24.8 Å². The number of nitrogens with one attached hydrogen (secondary N) is 1. The second-order valence-electron chi connectivity index (χ2n) is 6.01. The highest BCUT2D eigenvalue weighted by Crippen LogP contribution is 2.49. The van der Waals surface area contributed by atoms with Crippen LogP contribution in [0.5, 0.6) is 0 Å². The van der Waals surface area contributed by atoms with E-state index in [9.17, 15) is 0 Å². The van der Waals surface area contributed by atoms with Gasteiger partial charge in [0.25, 0.3) is 0 Å². The molecule has 0 radical (unpaired) electrons. The van der Waals surface area contributed by atoms with Crippen molar-refractivity contribution >= 4 is 45.9 Å². The number of benzene rings is 1. The lowest BCUT2D eigenvalue weighted by Gasteiger charge is -2.24. The van der Waals surface area contributed by atoms with Gasteiger partial charge >= 0.3 is 0 Å². The Labute approximate surface area is 168 Å². The minimum atomic E-state index is 0. The fraction of sp³-hybridized carbons (Fsp3) is 0.412. The largest absolute Gasteiger partial charge is 0.364 e. The van der Waals surface area contributed by atoms with E-state index >= 15 is 0 Å². The van der Waals surface area contributed by atoms with Crippen LogP contribution in [-0.4, -0.2) is 36.7 Å².